The van der Waals surface area contributed by atoms with Gasteiger partial charge in [0.2, 0.25) is 10.0 Å². The van der Waals surface area contributed by atoms with Gasteiger partial charge < -0.3 is 4.90 Å². The molecule has 2 aromatic rings. The summed E-state index contributed by atoms with van der Waals surface area (Å²) in [7, 11) is -3.63. The summed E-state index contributed by atoms with van der Waals surface area (Å²) in [5.41, 5.74) is 3.40. The van der Waals surface area contributed by atoms with Gasteiger partial charge in [-0.2, -0.15) is 0 Å². The third-order valence-electron chi connectivity index (χ3n) is 3.90. The lowest BCUT2D eigenvalue weighted by molar-refractivity contribution is 0.597. The standard InChI is InChI=1S/C16H18N2O2S2/c1-21-14-4-2-12(3-5-14)11-18-9-8-13-10-15(22(17,19)20)6-7-16(13)18/h2-7,10H,8-9,11H2,1H3,(H2,17,19,20). The van der Waals surface area contributed by atoms with Gasteiger partial charge in [-0.3, -0.25) is 0 Å². The van der Waals surface area contributed by atoms with Gasteiger partial charge in [0.1, 0.15) is 0 Å². The highest BCUT2D eigenvalue weighted by Gasteiger charge is 2.21. The third-order valence-corrected chi connectivity index (χ3v) is 5.56. The van der Waals surface area contributed by atoms with Crippen molar-refractivity contribution in [3.8, 4) is 0 Å². The number of nitrogens with two attached hydrogens (primary N) is 1. The predicted molar refractivity (Wildman–Crippen MR) is 90.8 cm³/mol. The van der Waals surface area contributed by atoms with Crippen LogP contribution in [0.4, 0.5) is 5.69 Å². The van der Waals surface area contributed by atoms with E-state index in [1.165, 1.54) is 10.5 Å². The lowest BCUT2D eigenvalue weighted by Crippen LogP contribution is -2.19. The molecule has 0 atom stereocenters. The summed E-state index contributed by atoms with van der Waals surface area (Å²) < 4.78 is 22.9. The first-order chi connectivity index (χ1) is 10.5. The van der Waals surface area contributed by atoms with E-state index in [-0.39, 0.29) is 4.90 Å². The number of anilines is 1. The average molecular weight is 334 g/mol. The SMILES string of the molecule is CSc1ccc(CN2CCc3cc(S(N)(=O)=O)ccc32)cc1. The highest BCUT2D eigenvalue weighted by atomic mass is 32.2. The number of sulfonamides is 1. The summed E-state index contributed by atoms with van der Waals surface area (Å²) in [5.74, 6) is 0. The van der Waals surface area contributed by atoms with Gasteiger partial charge in [-0.05, 0) is 54.1 Å². The van der Waals surface area contributed by atoms with E-state index >= 15 is 0 Å². The maximum Gasteiger partial charge on any atom is 0.238 e. The monoisotopic (exact) mass is 334 g/mol. The zero-order valence-electron chi connectivity index (χ0n) is 12.3. The summed E-state index contributed by atoms with van der Waals surface area (Å²) in [5, 5.41) is 5.19. The van der Waals surface area contributed by atoms with Crippen LogP contribution in [0.25, 0.3) is 0 Å². The van der Waals surface area contributed by atoms with Crippen LogP contribution in [0.5, 0.6) is 0 Å². The molecule has 1 aliphatic rings. The fourth-order valence-corrected chi connectivity index (χ4v) is 3.71. The van der Waals surface area contributed by atoms with Crippen LogP contribution in [-0.4, -0.2) is 21.2 Å². The minimum atomic E-state index is -3.63. The Balaban J connectivity index is 1.82. The van der Waals surface area contributed by atoms with Crippen molar-refractivity contribution in [3.63, 3.8) is 0 Å². The number of rotatable bonds is 4. The Hall–Kier alpha value is -1.50. The quantitative estimate of drug-likeness (QED) is 0.873. The summed E-state index contributed by atoms with van der Waals surface area (Å²) in [4.78, 5) is 3.72. The van der Waals surface area contributed by atoms with Crippen molar-refractivity contribution in [2.24, 2.45) is 5.14 Å². The molecule has 2 aromatic carbocycles. The van der Waals surface area contributed by atoms with Crippen molar-refractivity contribution < 1.29 is 8.42 Å². The highest BCUT2D eigenvalue weighted by Crippen LogP contribution is 2.31. The van der Waals surface area contributed by atoms with Crippen LogP contribution < -0.4 is 10.0 Å². The molecule has 0 radical (unpaired) electrons. The summed E-state index contributed by atoms with van der Waals surface area (Å²) in [6.45, 7) is 1.73. The van der Waals surface area contributed by atoms with E-state index in [0.29, 0.717) is 0 Å². The molecule has 0 fully saturated rings. The fourth-order valence-electron chi connectivity index (χ4n) is 2.74. The molecule has 3 rings (SSSR count). The zero-order valence-corrected chi connectivity index (χ0v) is 14.0. The third kappa shape index (κ3) is 3.14. The van der Waals surface area contributed by atoms with Crippen LogP contribution >= 0.6 is 11.8 Å². The Bertz CT molecular complexity index is 786. The maximum absolute atomic E-state index is 11.4. The van der Waals surface area contributed by atoms with E-state index in [0.717, 1.165) is 30.8 Å². The average Bonchev–Trinajstić information content (AvgIpc) is 2.89. The second-order valence-electron chi connectivity index (χ2n) is 5.36. The zero-order chi connectivity index (χ0) is 15.7. The number of benzene rings is 2. The van der Waals surface area contributed by atoms with E-state index in [1.807, 2.05) is 6.07 Å². The van der Waals surface area contributed by atoms with E-state index < -0.39 is 10.0 Å². The van der Waals surface area contributed by atoms with Crippen molar-refractivity contribution in [2.45, 2.75) is 22.8 Å². The van der Waals surface area contributed by atoms with Crippen LogP contribution in [0.1, 0.15) is 11.1 Å². The largest absolute Gasteiger partial charge is 0.367 e. The first kappa shape index (κ1) is 15.4. The van der Waals surface area contributed by atoms with Crippen LogP contribution in [0, 0.1) is 0 Å². The van der Waals surface area contributed by atoms with Crippen molar-refractivity contribution in [1.82, 2.24) is 0 Å². The molecule has 0 saturated heterocycles. The van der Waals surface area contributed by atoms with E-state index in [9.17, 15) is 8.42 Å². The molecule has 0 aromatic heterocycles. The highest BCUT2D eigenvalue weighted by molar-refractivity contribution is 7.98. The summed E-state index contributed by atoms with van der Waals surface area (Å²) >= 11 is 1.73. The van der Waals surface area contributed by atoms with Crippen LogP contribution in [0.15, 0.2) is 52.3 Å². The molecule has 1 heterocycles. The van der Waals surface area contributed by atoms with E-state index in [2.05, 4.69) is 35.4 Å². The lowest BCUT2D eigenvalue weighted by atomic mass is 10.1. The van der Waals surface area contributed by atoms with Gasteiger partial charge in [0.15, 0.2) is 0 Å². The van der Waals surface area contributed by atoms with Crippen LogP contribution in [0.2, 0.25) is 0 Å². The Morgan fingerprint density at radius 1 is 1.18 bits per heavy atom. The van der Waals surface area contributed by atoms with Gasteiger partial charge in [-0.15, -0.1) is 11.8 Å². The normalized spacial score (nSPS) is 14.2. The Morgan fingerprint density at radius 3 is 2.55 bits per heavy atom. The van der Waals surface area contributed by atoms with Crippen LogP contribution in [0.3, 0.4) is 0 Å². The van der Waals surface area contributed by atoms with Gasteiger partial charge in [0, 0.05) is 23.7 Å². The summed E-state index contributed by atoms with van der Waals surface area (Å²) in [6.07, 6.45) is 2.91. The maximum atomic E-state index is 11.4. The van der Waals surface area contributed by atoms with Gasteiger partial charge in [0.25, 0.3) is 0 Å². The minimum absolute atomic E-state index is 0.192. The Labute approximate surface area is 135 Å². The lowest BCUT2D eigenvalue weighted by Gasteiger charge is -2.19. The Morgan fingerprint density at radius 2 is 1.91 bits per heavy atom. The van der Waals surface area contributed by atoms with Gasteiger partial charge in [-0.25, -0.2) is 13.6 Å². The molecule has 0 bridgehead atoms. The molecular formula is C16H18N2O2S2. The smallest absolute Gasteiger partial charge is 0.238 e. The number of hydrogen-bond donors (Lipinski definition) is 1. The van der Waals surface area contributed by atoms with Crippen molar-refractivity contribution in [1.29, 1.82) is 0 Å². The van der Waals surface area contributed by atoms with Crippen LogP contribution in [-0.2, 0) is 23.0 Å². The molecule has 1 aliphatic heterocycles. The molecule has 6 heteroatoms. The first-order valence-corrected chi connectivity index (χ1v) is 9.78. The molecule has 0 unspecified atom stereocenters. The fraction of sp³-hybridized carbons (Fsp3) is 0.250. The van der Waals surface area contributed by atoms with Gasteiger partial charge >= 0.3 is 0 Å². The Kier molecular flexibility index (Phi) is 4.16. The predicted octanol–water partition coefficient (Wildman–Crippen LogP) is 2.62. The van der Waals surface area contributed by atoms with E-state index in [1.54, 1.807) is 23.9 Å². The van der Waals surface area contributed by atoms with Crippen molar-refractivity contribution in [3.05, 3.63) is 53.6 Å². The number of thioether (sulfide) groups is 1. The second-order valence-corrected chi connectivity index (χ2v) is 7.80. The van der Waals surface area contributed by atoms with Crippen molar-refractivity contribution >= 4 is 27.5 Å². The van der Waals surface area contributed by atoms with E-state index in [4.69, 9.17) is 5.14 Å². The molecule has 0 spiro atoms. The molecular weight excluding hydrogens is 316 g/mol. The molecule has 0 aliphatic carbocycles. The first-order valence-electron chi connectivity index (χ1n) is 7.01. The second kappa shape index (κ2) is 5.95. The number of nitrogens with zero attached hydrogens (tertiary/aromatic N) is 1. The molecule has 0 amide bonds. The molecule has 116 valence electrons. The molecule has 0 saturated carbocycles. The van der Waals surface area contributed by atoms with Crippen molar-refractivity contribution in [2.75, 3.05) is 17.7 Å². The molecule has 2 N–H and O–H groups in total. The van der Waals surface area contributed by atoms with Gasteiger partial charge in [-0.1, -0.05) is 12.1 Å². The summed E-state index contributed by atoms with van der Waals surface area (Å²) in [6, 6.07) is 13.7. The van der Waals surface area contributed by atoms with Gasteiger partial charge in [0.05, 0.1) is 4.90 Å². The number of hydrogen-bond acceptors (Lipinski definition) is 4. The minimum Gasteiger partial charge on any atom is -0.367 e. The number of primary sulfonamides is 1. The number of fused-ring (bicyclic) bond motifs is 1. The molecule has 22 heavy (non-hydrogen) atoms. The molecule has 4 nitrogen and oxygen atoms in total. The topological polar surface area (TPSA) is 63.4 Å².